The maximum Gasteiger partial charge on any atom is 0.0513 e. The number of anilines is 1. The van der Waals surface area contributed by atoms with Gasteiger partial charge in [-0.2, -0.15) is 0 Å². The average molecular weight is 375 g/mol. The van der Waals surface area contributed by atoms with Gasteiger partial charge < -0.3 is 4.90 Å². The molecule has 0 N–H and O–H groups in total. The van der Waals surface area contributed by atoms with Gasteiger partial charge >= 0.3 is 0 Å². The van der Waals surface area contributed by atoms with Crippen molar-refractivity contribution in [2.45, 2.75) is 44.5 Å². The van der Waals surface area contributed by atoms with Crippen LogP contribution in [0, 0.1) is 5.92 Å². The second-order valence-electron chi connectivity index (χ2n) is 5.53. The molecule has 1 aromatic rings. The fraction of sp³-hybridized carbons (Fsp3) is 0.600. The maximum absolute atomic E-state index is 3.73. The van der Waals surface area contributed by atoms with Crippen LogP contribution in [0.4, 0.5) is 5.69 Å². The van der Waals surface area contributed by atoms with E-state index in [1.54, 1.807) is 0 Å². The first-order chi connectivity index (χ1) is 8.61. The summed E-state index contributed by atoms with van der Waals surface area (Å²) in [5.41, 5.74) is 2.69. The van der Waals surface area contributed by atoms with Crippen LogP contribution in [0.3, 0.4) is 0 Å². The van der Waals surface area contributed by atoms with E-state index >= 15 is 0 Å². The summed E-state index contributed by atoms with van der Waals surface area (Å²) in [5, 5.41) is 0.918. The molecule has 0 aliphatic heterocycles. The maximum atomic E-state index is 3.73. The van der Waals surface area contributed by atoms with Crippen LogP contribution in [0.5, 0.6) is 0 Å². The molecule has 3 heteroatoms. The highest BCUT2D eigenvalue weighted by Gasteiger charge is 2.30. The van der Waals surface area contributed by atoms with E-state index in [9.17, 15) is 0 Å². The summed E-state index contributed by atoms with van der Waals surface area (Å²) < 4.78 is 1.23. The molecule has 0 saturated heterocycles. The van der Waals surface area contributed by atoms with Crippen LogP contribution in [0.15, 0.2) is 22.7 Å². The zero-order valence-corrected chi connectivity index (χ0v) is 14.3. The number of rotatable bonds is 6. The van der Waals surface area contributed by atoms with E-state index in [0.717, 1.165) is 17.3 Å². The van der Waals surface area contributed by atoms with Gasteiger partial charge in [-0.1, -0.05) is 35.8 Å². The first-order valence-corrected chi connectivity index (χ1v) is 8.64. The molecule has 0 bridgehead atoms. The van der Waals surface area contributed by atoms with Gasteiger partial charge in [0.25, 0.3) is 0 Å². The van der Waals surface area contributed by atoms with Gasteiger partial charge in [0.1, 0.15) is 0 Å². The van der Waals surface area contributed by atoms with Gasteiger partial charge in [-0.3, -0.25) is 0 Å². The Morgan fingerprint density at radius 2 is 2.06 bits per heavy atom. The normalized spacial score (nSPS) is 15.2. The van der Waals surface area contributed by atoms with Crippen molar-refractivity contribution in [3.05, 3.63) is 28.2 Å². The summed E-state index contributed by atoms with van der Waals surface area (Å²) in [4.78, 5) is 2.59. The fourth-order valence-electron chi connectivity index (χ4n) is 2.15. The van der Waals surface area contributed by atoms with Gasteiger partial charge in [-0.25, -0.2) is 0 Å². The van der Waals surface area contributed by atoms with Gasteiger partial charge in [0, 0.05) is 22.4 Å². The summed E-state index contributed by atoms with van der Waals surface area (Å²) in [5.74, 6) is 0.770. The molecule has 0 radical (unpaired) electrons. The molecule has 2 rings (SSSR count). The van der Waals surface area contributed by atoms with Crippen molar-refractivity contribution in [2.24, 2.45) is 5.92 Å². The summed E-state index contributed by atoms with van der Waals surface area (Å²) in [6.07, 6.45) is 3.97. The number of benzene rings is 1. The van der Waals surface area contributed by atoms with E-state index in [4.69, 9.17) is 0 Å². The van der Waals surface area contributed by atoms with E-state index in [1.165, 1.54) is 41.5 Å². The van der Waals surface area contributed by atoms with Crippen LogP contribution in [-0.2, 0) is 5.33 Å². The monoisotopic (exact) mass is 373 g/mol. The minimum atomic E-state index is 0.770. The number of hydrogen-bond acceptors (Lipinski definition) is 1. The van der Waals surface area contributed by atoms with Crippen LogP contribution in [0.1, 0.15) is 38.7 Å². The van der Waals surface area contributed by atoms with Gasteiger partial charge in [0.05, 0.1) is 5.69 Å². The van der Waals surface area contributed by atoms with Crippen molar-refractivity contribution < 1.29 is 0 Å². The van der Waals surface area contributed by atoms with Crippen LogP contribution in [0.25, 0.3) is 0 Å². The van der Waals surface area contributed by atoms with Crippen molar-refractivity contribution >= 4 is 37.5 Å². The van der Waals surface area contributed by atoms with Crippen LogP contribution < -0.4 is 4.90 Å². The third kappa shape index (κ3) is 3.74. The molecule has 100 valence electrons. The molecule has 1 nitrogen and oxygen atoms in total. The molecule has 1 aromatic carbocycles. The highest BCUT2D eigenvalue weighted by Crippen LogP contribution is 2.36. The highest BCUT2D eigenvalue weighted by atomic mass is 79.9. The topological polar surface area (TPSA) is 3.24 Å². The van der Waals surface area contributed by atoms with Crippen LogP contribution in [0.2, 0.25) is 0 Å². The Kier molecular flexibility index (Phi) is 5.14. The molecule has 1 aliphatic carbocycles. The molecular formula is C15H21Br2N. The summed E-state index contributed by atoms with van der Waals surface area (Å²) in [6.45, 7) is 5.77. The summed E-state index contributed by atoms with van der Waals surface area (Å²) >= 11 is 7.24. The fourth-order valence-corrected chi connectivity index (χ4v) is 3.15. The van der Waals surface area contributed by atoms with Crippen molar-refractivity contribution in [1.29, 1.82) is 0 Å². The molecule has 0 heterocycles. The average Bonchev–Trinajstić information content (AvgIpc) is 3.15. The molecule has 1 aliphatic rings. The third-order valence-electron chi connectivity index (χ3n) is 3.41. The van der Waals surface area contributed by atoms with Gasteiger partial charge in [-0.05, 0) is 58.8 Å². The third-order valence-corrected chi connectivity index (χ3v) is 4.69. The molecule has 0 amide bonds. The number of nitrogens with zero attached hydrogens (tertiary/aromatic N) is 1. The highest BCUT2D eigenvalue weighted by molar-refractivity contribution is 9.10. The Balaban J connectivity index is 2.14. The van der Waals surface area contributed by atoms with Crippen molar-refractivity contribution in [3.8, 4) is 0 Å². The molecule has 0 atom stereocenters. The Morgan fingerprint density at radius 3 is 2.56 bits per heavy atom. The minimum absolute atomic E-state index is 0.770. The zero-order chi connectivity index (χ0) is 13.1. The van der Waals surface area contributed by atoms with Crippen molar-refractivity contribution in [3.63, 3.8) is 0 Å². The molecule has 1 fully saturated rings. The summed E-state index contributed by atoms with van der Waals surface area (Å²) in [7, 11) is 0. The minimum Gasteiger partial charge on any atom is -0.368 e. The van der Waals surface area contributed by atoms with Gasteiger partial charge in [-0.15, -0.1) is 0 Å². The van der Waals surface area contributed by atoms with E-state index in [2.05, 4.69) is 68.8 Å². The molecule has 1 saturated carbocycles. The Bertz CT molecular complexity index is 399. The van der Waals surface area contributed by atoms with Crippen molar-refractivity contribution in [1.82, 2.24) is 0 Å². The molecule has 18 heavy (non-hydrogen) atoms. The van der Waals surface area contributed by atoms with Gasteiger partial charge in [0.2, 0.25) is 0 Å². The first kappa shape index (κ1) is 14.4. The van der Waals surface area contributed by atoms with Crippen LogP contribution >= 0.6 is 31.9 Å². The van der Waals surface area contributed by atoms with E-state index in [0.29, 0.717) is 0 Å². The first-order valence-electron chi connectivity index (χ1n) is 6.73. The Hall–Kier alpha value is -0.0200. The zero-order valence-electron chi connectivity index (χ0n) is 11.1. The number of alkyl halides is 1. The lowest BCUT2D eigenvalue weighted by molar-refractivity contribution is 0.570. The molecule has 0 spiro atoms. The lowest BCUT2D eigenvalue weighted by Crippen LogP contribution is -2.28. The second-order valence-corrected chi connectivity index (χ2v) is 6.94. The molecule has 0 aromatic heterocycles. The van der Waals surface area contributed by atoms with Crippen LogP contribution in [-0.4, -0.2) is 12.6 Å². The largest absolute Gasteiger partial charge is 0.368 e. The molecule has 0 unspecified atom stereocenters. The lowest BCUT2D eigenvalue weighted by Gasteiger charge is -2.27. The van der Waals surface area contributed by atoms with E-state index in [-0.39, 0.29) is 0 Å². The Labute approximate surface area is 127 Å². The Morgan fingerprint density at radius 1 is 1.33 bits per heavy atom. The summed E-state index contributed by atoms with van der Waals surface area (Å²) in [6, 6.07) is 7.49. The van der Waals surface area contributed by atoms with Crippen molar-refractivity contribution in [2.75, 3.05) is 11.4 Å². The van der Waals surface area contributed by atoms with Gasteiger partial charge in [0.15, 0.2) is 0 Å². The predicted molar refractivity (Wildman–Crippen MR) is 86.6 cm³/mol. The second kappa shape index (κ2) is 6.42. The standard InChI is InChI=1S/C15H21Br2N/c1-11(2)7-8-18(13-4-5-13)15-6-3-12(10-16)9-14(15)17/h3,6,9,11,13H,4-5,7-8,10H2,1-2H3. The lowest BCUT2D eigenvalue weighted by atomic mass is 10.1. The van der Waals surface area contributed by atoms with E-state index in [1.807, 2.05) is 0 Å². The SMILES string of the molecule is CC(C)CCN(c1ccc(CBr)cc1Br)C1CC1. The smallest absolute Gasteiger partial charge is 0.0513 e. The predicted octanol–water partition coefficient (Wildman–Crippen LogP) is 5.36. The number of hydrogen-bond donors (Lipinski definition) is 0. The quantitative estimate of drug-likeness (QED) is 0.606. The van der Waals surface area contributed by atoms with E-state index < -0.39 is 0 Å². The molecular weight excluding hydrogens is 354 g/mol. The number of halogens is 2.